The number of carbonyl (C=O) groups excluding carboxylic acids is 2. The Balaban J connectivity index is 2.11. The van der Waals surface area contributed by atoms with E-state index < -0.39 is 43.6 Å². The number of esters is 2. The molecule has 1 aliphatic heterocycles. The molecule has 0 aromatic rings. The molecule has 1 aliphatic carbocycles. The van der Waals surface area contributed by atoms with Crippen molar-refractivity contribution in [1.29, 1.82) is 0 Å². The van der Waals surface area contributed by atoms with Crippen molar-refractivity contribution < 1.29 is 45.0 Å². The van der Waals surface area contributed by atoms with Gasteiger partial charge in [-0.05, 0) is 0 Å². The van der Waals surface area contributed by atoms with Gasteiger partial charge in [0, 0.05) is 0 Å². The standard InChI is InChI=1S/C13H17INO5/c1-7-14-12(20-9(3)17)11(19-8(2)16)13(18-7)15-10-5-4-6-10/h4-7,11-13,15H,1-3H3/q-1/t7-,11-,12-,13-/m0/s1. The molecule has 0 radical (unpaired) electrons. The van der Waals surface area contributed by atoms with Crippen LogP contribution in [0.1, 0.15) is 20.8 Å². The molecule has 2 aliphatic rings. The molecule has 112 valence electrons. The molecule has 1 N–H and O–H groups in total. The average Bonchev–Trinajstić information content (AvgIpc) is 2.26. The van der Waals surface area contributed by atoms with Crippen LogP contribution in [0.15, 0.2) is 23.9 Å². The van der Waals surface area contributed by atoms with E-state index in [9.17, 15) is 9.59 Å². The van der Waals surface area contributed by atoms with E-state index in [0.717, 1.165) is 5.70 Å². The molecular weight excluding hydrogens is 377 g/mol. The normalized spacial score (nSPS) is 32.2. The number of halogens is 1. The van der Waals surface area contributed by atoms with Crippen LogP contribution in [0.4, 0.5) is 0 Å². The summed E-state index contributed by atoms with van der Waals surface area (Å²) in [5, 5.41) is 3.15. The monoisotopic (exact) mass is 394 g/mol. The average molecular weight is 394 g/mol. The van der Waals surface area contributed by atoms with Crippen molar-refractivity contribution in [3.05, 3.63) is 23.9 Å². The van der Waals surface area contributed by atoms with E-state index in [0.29, 0.717) is 0 Å². The third-order valence-electron chi connectivity index (χ3n) is 2.63. The summed E-state index contributed by atoms with van der Waals surface area (Å²) in [5.74, 6) is -0.790. The van der Waals surface area contributed by atoms with Crippen molar-refractivity contribution >= 4 is 11.9 Å². The molecule has 0 unspecified atom stereocenters. The Labute approximate surface area is 127 Å². The first kappa shape index (κ1) is 15.3. The number of hydrogen-bond acceptors (Lipinski definition) is 6. The molecule has 0 bridgehead atoms. The van der Waals surface area contributed by atoms with E-state index in [1.807, 2.05) is 25.2 Å². The molecular formula is C13H17INO5-. The maximum absolute atomic E-state index is 11.3. The fourth-order valence-electron chi connectivity index (χ4n) is 1.82. The molecule has 0 aromatic heterocycles. The van der Waals surface area contributed by atoms with Crippen molar-refractivity contribution in [3.8, 4) is 0 Å². The van der Waals surface area contributed by atoms with E-state index >= 15 is 0 Å². The van der Waals surface area contributed by atoms with E-state index in [2.05, 4.69) is 5.32 Å². The van der Waals surface area contributed by atoms with Crippen LogP contribution in [0.25, 0.3) is 0 Å². The molecule has 6 nitrogen and oxygen atoms in total. The summed E-state index contributed by atoms with van der Waals surface area (Å²) in [6, 6.07) is 0. The van der Waals surface area contributed by atoms with Crippen LogP contribution in [0, 0.1) is 0 Å². The second-order valence-electron chi connectivity index (χ2n) is 4.39. The second kappa shape index (κ2) is 6.57. The van der Waals surface area contributed by atoms with Gasteiger partial charge in [-0.25, -0.2) is 0 Å². The predicted octanol–water partition coefficient (Wildman–Crippen LogP) is -2.36. The third kappa shape index (κ3) is 3.95. The van der Waals surface area contributed by atoms with Gasteiger partial charge in [0.05, 0.1) is 0 Å². The molecule has 4 atom stereocenters. The first-order chi connectivity index (χ1) is 9.45. The molecule has 0 amide bonds. The van der Waals surface area contributed by atoms with Crippen molar-refractivity contribution in [2.24, 2.45) is 0 Å². The number of carbonyl (C=O) groups is 2. The minimum atomic E-state index is -0.615. The summed E-state index contributed by atoms with van der Waals surface area (Å²) in [7, 11) is 0. The van der Waals surface area contributed by atoms with Crippen molar-refractivity contribution in [1.82, 2.24) is 5.32 Å². The van der Waals surface area contributed by atoms with Crippen molar-refractivity contribution in [2.75, 3.05) is 0 Å². The summed E-state index contributed by atoms with van der Waals surface area (Å²) in [6.07, 6.45) is 4.55. The molecule has 0 aromatic carbocycles. The van der Waals surface area contributed by atoms with Crippen LogP contribution >= 0.6 is 0 Å². The molecule has 1 saturated heterocycles. The van der Waals surface area contributed by atoms with Gasteiger partial charge in [-0.1, -0.05) is 0 Å². The molecule has 2 rings (SSSR count). The van der Waals surface area contributed by atoms with Gasteiger partial charge in [0.1, 0.15) is 0 Å². The van der Waals surface area contributed by atoms with E-state index in [-0.39, 0.29) is 10.1 Å². The Morgan fingerprint density at radius 2 is 1.95 bits per heavy atom. The molecule has 7 heteroatoms. The van der Waals surface area contributed by atoms with Gasteiger partial charge in [0.2, 0.25) is 0 Å². The molecule has 1 heterocycles. The fraction of sp³-hybridized carbons (Fsp3) is 0.538. The number of hydrogen-bond donors (Lipinski definition) is 1. The van der Waals surface area contributed by atoms with Gasteiger partial charge in [0.25, 0.3) is 0 Å². The topological polar surface area (TPSA) is 73.9 Å². The van der Waals surface area contributed by atoms with Crippen LogP contribution in [0.3, 0.4) is 0 Å². The van der Waals surface area contributed by atoms with Gasteiger partial charge in [0.15, 0.2) is 0 Å². The first-order valence-corrected chi connectivity index (χ1v) is 8.71. The van der Waals surface area contributed by atoms with E-state index in [4.69, 9.17) is 14.2 Å². The zero-order valence-corrected chi connectivity index (χ0v) is 13.6. The van der Waals surface area contributed by atoms with Crippen LogP contribution in [-0.4, -0.2) is 32.5 Å². The van der Waals surface area contributed by atoms with Gasteiger partial charge in [-0.15, -0.1) is 0 Å². The number of rotatable bonds is 4. The minimum absolute atomic E-state index is 0.00659. The fourth-order valence-corrected chi connectivity index (χ4v) is 4.74. The van der Waals surface area contributed by atoms with Gasteiger partial charge >= 0.3 is 128 Å². The van der Waals surface area contributed by atoms with E-state index in [1.54, 1.807) is 0 Å². The van der Waals surface area contributed by atoms with Crippen molar-refractivity contribution in [3.63, 3.8) is 0 Å². The molecule has 20 heavy (non-hydrogen) atoms. The van der Waals surface area contributed by atoms with Gasteiger partial charge < -0.3 is 0 Å². The SMILES string of the molecule is CC(=O)O[C@H]1[C@H](OC(C)=O)[I-][C@H](C)O[C@@H]1NC1=CC=C1. The maximum atomic E-state index is 11.3. The summed E-state index contributed by atoms with van der Waals surface area (Å²) in [4.78, 5) is 22.5. The number of ether oxygens (including phenoxy) is 3. The molecule has 0 saturated carbocycles. The number of alkyl halides is 2. The zero-order valence-electron chi connectivity index (χ0n) is 11.5. The first-order valence-electron chi connectivity index (χ1n) is 6.22. The quantitative estimate of drug-likeness (QED) is 0.327. The Kier molecular flexibility index (Phi) is 5.03. The van der Waals surface area contributed by atoms with Crippen LogP contribution < -0.4 is 26.5 Å². The molecule has 0 spiro atoms. The van der Waals surface area contributed by atoms with Crippen LogP contribution in [0.5, 0.6) is 0 Å². The van der Waals surface area contributed by atoms with Crippen molar-refractivity contribution in [2.45, 2.75) is 41.3 Å². The summed E-state index contributed by atoms with van der Waals surface area (Å²) < 4.78 is 16.0. The number of nitrogens with one attached hydrogen (secondary N) is 1. The Morgan fingerprint density at radius 1 is 1.30 bits per heavy atom. The second-order valence-corrected chi connectivity index (χ2v) is 8.09. The Hall–Kier alpha value is -1.09. The van der Waals surface area contributed by atoms with Gasteiger partial charge in [-0.2, -0.15) is 0 Å². The Bertz CT molecular complexity index is 462. The third-order valence-corrected chi connectivity index (χ3v) is 5.61. The van der Waals surface area contributed by atoms with Crippen LogP contribution in [0.2, 0.25) is 0 Å². The van der Waals surface area contributed by atoms with Crippen LogP contribution in [-0.2, 0) is 23.8 Å². The van der Waals surface area contributed by atoms with E-state index in [1.165, 1.54) is 13.8 Å². The number of allylic oxidation sites excluding steroid dienone is 3. The zero-order chi connectivity index (χ0) is 14.7. The summed E-state index contributed by atoms with van der Waals surface area (Å²) >= 11 is -0.579. The predicted molar refractivity (Wildman–Crippen MR) is 65.8 cm³/mol. The molecule has 1 fully saturated rings. The van der Waals surface area contributed by atoms with Gasteiger partial charge in [-0.3, -0.25) is 0 Å². The summed E-state index contributed by atoms with van der Waals surface area (Å²) in [5.41, 5.74) is 0.904. The summed E-state index contributed by atoms with van der Waals surface area (Å²) in [6.45, 7) is 4.63. The Morgan fingerprint density at radius 3 is 2.45 bits per heavy atom.